The zero-order chi connectivity index (χ0) is 12.5. The van der Waals surface area contributed by atoms with E-state index in [2.05, 4.69) is 20.8 Å². The van der Waals surface area contributed by atoms with E-state index in [-0.39, 0.29) is 5.91 Å². The molecule has 2 N–H and O–H groups in total. The van der Waals surface area contributed by atoms with Gasteiger partial charge in [0.2, 0.25) is 5.91 Å². The quantitative estimate of drug-likeness (QED) is 0.797. The van der Waals surface area contributed by atoms with E-state index >= 15 is 0 Å². The predicted octanol–water partition coefficient (Wildman–Crippen LogP) is 1.21. The summed E-state index contributed by atoms with van der Waals surface area (Å²) in [6, 6.07) is 5.98. The molecule has 0 unspecified atom stereocenters. The van der Waals surface area contributed by atoms with E-state index in [0.717, 1.165) is 33.4 Å². The first-order valence-electron chi connectivity index (χ1n) is 5.61. The van der Waals surface area contributed by atoms with Crippen molar-refractivity contribution in [2.24, 2.45) is 10.1 Å². The Kier molecular flexibility index (Phi) is 2.79. The number of nitrogens with zero attached hydrogens (tertiary/aromatic N) is 2. The molecule has 0 atom stereocenters. The van der Waals surface area contributed by atoms with Crippen LogP contribution in [0.1, 0.15) is 11.1 Å². The third-order valence-corrected chi connectivity index (χ3v) is 3.87. The molecule has 18 heavy (non-hydrogen) atoms. The summed E-state index contributed by atoms with van der Waals surface area (Å²) in [6.07, 6.45) is 0.474. The fourth-order valence-electron chi connectivity index (χ4n) is 1.97. The van der Waals surface area contributed by atoms with Gasteiger partial charge in [-0.05, 0) is 11.6 Å². The summed E-state index contributed by atoms with van der Waals surface area (Å²) in [5.41, 5.74) is 6.86. The van der Waals surface area contributed by atoms with Gasteiger partial charge in [-0.1, -0.05) is 23.9 Å². The first kappa shape index (κ1) is 11.3. The number of carbonyl (C=O) groups is 1. The predicted molar refractivity (Wildman–Crippen MR) is 74.3 cm³/mol. The molecule has 3 rings (SSSR count). The summed E-state index contributed by atoms with van der Waals surface area (Å²) < 4.78 is 0. The second-order valence-corrected chi connectivity index (χ2v) is 5.05. The molecule has 92 valence electrons. The van der Waals surface area contributed by atoms with E-state index in [4.69, 9.17) is 0 Å². The molecule has 2 aliphatic heterocycles. The molecule has 1 aromatic rings. The van der Waals surface area contributed by atoms with Crippen molar-refractivity contribution in [2.45, 2.75) is 6.42 Å². The largest absolute Gasteiger partial charge is 0.326 e. The minimum absolute atomic E-state index is 0.0561. The number of amides is 1. The normalized spacial score (nSPS) is 20.2. The molecule has 0 spiro atoms. The van der Waals surface area contributed by atoms with Crippen molar-refractivity contribution in [1.82, 2.24) is 5.43 Å². The zero-order valence-electron chi connectivity index (χ0n) is 9.86. The lowest BCUT2D eigenvalue weighted by Gasteiger charge is -2.14. The van der Waals surface area contributed by atoms with Crippen LogP contribution in [0.5, 0.6) is 0 Å². The fraction of sp³-hybridized carbons (Fsp3) is 0.250. The van der Waals surface area contributed by atoms with Gasteiger partial charge in [0.1, 0.15) is 0 Å². The van der Waals surface area contributed by atoms with E-state index in [1.807, 2.05) is 18.2 Å². The molecule has 1 aromatic carbocycles. The average molecular weight is 260 g/mol. The summed E-state index contributed by atoms with van der Waals surface area (Å²) in [5, 5.41) is 7.98. The topological polar surface area (TPSA) is 65.8 Å². The van der Waals surface area contributed by atoms with Gasteiger partial charge in [-0.3, -0.25) is 15.2 Å². The van der Waals surface area contributed by atoms with Crippen molar-refractivity contribution in [3.63, 3.8) is 0 Å². The molecule has 0 radical (unpaired) electrons. The van der Waals surface area contributed by atoms with Gasteiger partial charge in [0.25, 0.3) is 0 Å². The Morgan fingerprint density at radius 1 is 1.44 bits per heavy atom. The standard InChI is InChI=1S/C12H12N4OS/c1-13-12-16-15-10(6-18-12)7-2-3-8-5-11(17)14-9(8)4-7/h2-4H,5-6H2,1H3,(H,13,16)(H,14,17). The third kappa shape index (κ3) is 1.99. The molecule has 0 saturated carbocycles. The van der Waals surface area contributed by atoms with Crippen molar-refractivity contribution in [3.8, 4) is 0 Å². The van der Waals surface area contributed by atoms with Crippen LogP contribution in [0.4, 0.5) is 5.69 Å². The van der Waals surface area contributed by atoms with E-state index in [9.17, 15) is 4.79 Å². The third-order valence-electron chi connectivity index (χ3n) is 2.90. The summed E-state index contributed by atoms with van der Waals surface area (Å²) in [5.74, 6) is 0.840. The van der Waals surface area contributed by atoms with Crippen LogP contribution in [-0.4, -0.2) is 29.6 Å². The van der Waals surface area contributed by atoms with Crippen LogP contribution in [0, 0.1) is 0 Å². The lowest BCUT2D eigenvalue weighted by molar-refractivity contribution is -0.115. The number of benzene rings is 1. The van der Waals surface area contributed by atoms with Crippen molar-refractivity contribution < 1.29 is 4.79 Å². The number of rotatable bonds is 1. The molecule has 5 nitrogen and oxygen atoms in total. The summed E-state index contributed by atoms with van der Waals surface area (Å²) >= 11 is 1.62. The maximum Gasteiger partial charge on any atom is 0.228 e. The molecule has 0 aliphatic carbocycles. The first-order valence-corrected chi connectivity index (χ1v) is 6.60. The number of hydrazone groups is 1. The number of fused-ring (bicyclic) bond motifs is 1. The smallest absolute Gasteiger partial charge is 0.228 e. The molecule has 2 aliphatic rings. The number of anilines is 1. The molecular weight excluding hydrogens is 248 g/mol. The number of carbonyl (C=O) groups excluding carboxylic acids is 1. The average Bonchev–Trinajstić information content (AvgIpc) is 2.78. The van der Waals surface area contributed by atoms with Crippen LogP contribution in [-0.2, 0) is 11.2 Å². The van der Waals surface area contributed by atoms with E-state index in [0.29, 0.717) is 6.42 Å². The number of thioether (sulfide) groups is 1. The van der Waals surface area contributed by atoms with Gasteiger partial charge in [-0.15, -0.1) is 0 Å². The first-order chi connectivity index (χ1) is 8.76. The minimum atomic E-state index is 0.0561. The Morgan fingerprint density at radius 3 is 3.06 bits per heavy atom. The highest BCUT2D eigenvalue weighted by atomic mass is 32.2. The number of amidine groups is 1. The maximum atomic E-state index is 11.3. The monoisotopic (exact) mass is 260 g/mol. The van der Waals surface area contributed by atoms with Crippen molar-refractivity contribution in [1.29, 1.82) is 0 Å². The van der Waals surface area contributed by atoms with Crippen molar-refractivity contribution in [3.05, 3.63) is 29.3 Å². The molecule has 0 aromatic heterocycles. The fourth-order valence-corrected chi connectivity index (χ4v) is 2.72. The Balaban J connectivity index is 1.88. The Hall–Kier alpha value is -1.82. The van der Waals surface area contributed by atoms with Crippen LogP contribution in [0.3, 0.4) is 0 Å². The highest BCUT2D eigenvalue weighted by Crippen LogP contribution is 2.25. The second kappa shape index (κ2) is 4.45. The highest BCUT2D eigenvalue weighted by molar-refractivity contribution is 8.14. The van der Waals surface area contributed by atoms with Gasteiger partial charge in [-0.2, -0.15) is 5.10 Å². The van der Waals surface area contributed by atoms with Crippen LogP contribution in [0.2, 0.25) is 0 Å². The maximum absolute atomic E-state index is 11.3. The lowest BCUT2D eigenvalue weighted by atomic mass is 10.1. The van der Waals surface area contributed by atoms with E-state index in [1.165, 1.54) is 0 Å². The Bertz CT molecular complexity index is 579. The van der Waals surface area contributed by atoms with Gasteiger partial charge in [-0.25, -0.2) is 0 Å². The Labute approximate surface area is 109 Å². The van der Waals surface area contributed by atoms with Gasteiger partial charge < -0.3 is 5.32 Å². The summed E-state index contributed by atoms with van der Waals surface area (Å²) in [4.78, 5) is 15.3. The number of nitrogens with one attached hydrogen (secondary N) is 2. The number of hydrogen-bond donors (Lipinski definition) is 2. The number of hydrogen-bond acceptors (Lipinski definition) is 4. The van der Waals surface area contributed by atoms with Crippen molar-refractivity contribution in [2.75, 3.05) is 18.1 Å². The highest BCUT2D eigenvalue weighted by Gasteiger charge is 2.19. The minimum Gasteiger partial charge on any atom is -0.326 e. The zero-order valence-corrected chi connectivity index (χ0v) is 10.7. The van der Waals surface area contributed by atoms with Gasteiger partial charge in [0.05, 0.1) is 12.1 Å². The van der Waals surface area contributed by atoms with Gasteiger partial charge >= 0.3 is 0 Å². The lowest BCUT2D eigenvalue weighted by Crippen LogP contribution is -2.25. The molecule has 0 fully saturated rings. The molecule has 2 heterocycles. The summed E-state index contributed by atoms with van der Waals surface area (Å²) in [7, 11) is 1.74. The SMILES string of the molecule is CN=C1NN=C(c2ccc3c(c2)NC(=O)C3)CS1. The molecule has 1 amide bonds. The van der Waals surface area contributed by atoms with E-state index in [1.54, 1.807) is 18.8 Å². The van der Waals surface area contributed by atoms with Gasteiger partial charge in [0, 0.05) is 24.1 Å². The second-order valence-electron chi connectivity index (χ2n) is 4.08. The van der Waals surface area contributed by atoms with Crippen LogP contribution < -0.4 is 10.7 Å². The molecular formula is C12H12N4OS. The molecule has 6 heteroatoms. The van der Waals surface area contributed by atoms with Crippen LogP contribution in [0.15, 0.2) is 28.3 Å². The Morgan fingerprint density at radius 2 is 2.33 bits per heavy atom. The van der Waals surface area contributed by atoms with Gasteiger partial charge in [0.15, 0.2) is 5.17 Å². The summed E-state index contributed by atoms with van der Waals surface area (Å²) in [6.45, 7) is 0. The van der Waals surface area contributed by atoms with Crippen molar-refractivity contribution >= 4 is 34.2 Å². The van der Waals surface area contributed by atoms with Crippen LogP contribution >= 0.6 is 11.8 Å². The molecule has 0 bridgehead atoms. The van der Waals surface area contributed by atoms with E-state index < -0.39 is 0 Å². The van der Waals surface area contributed by atoms with Crippen LogP contribution in [0.25, 0.3) is 0 Å². The molecule has 0 saturated heterocycles. The number of aliphatic imine (C=N–C) groups is 1.